The Bertz CT molecular complexity index is 872. The normalized spacial score (nSPS) is 18.2. The Hall–Kier alpha value is -2.72. The summed E-state index contributed by atoms with van der Waals surface area (Å²) in [5, 5.41) is 8.73. The predicted molar refractivity (Wildman–Crippen MR) is 99.4 cm³/mol. The molecule has 0 aliphatic carbocycles. The summed E-state index contributed by atoms with van der Waals surface area (Å²) in [6.45, 7) is 1.94. The van der Waals surface area contributed by atoms with Crippen LogP contribution in [0.15, 0.2) is 67.0 Å². The Balaban J connectivity index is 1.61. The summed E-state index contributed by atoms with van der Waals surface area (Å²) < 4.78 is 0. The van der Waals surface area contributed by atoms with Crippen molar-refractivity contribution in [2.75, 3.05) is 13.1 Å². The summed E-state index contributed by atoms with van der Waals surface area (Å²) in [7, 11) is 0. The van der Waals surface area contributed by atoms with Gasteiger partial charge in [0.25, 0.3) is 5.91 Å². The molecule has 0 saturated carbocycles. The predicted octanol–water partition coefficient (Wildman–Crippen LogP) is 3.32. The number of benzene rings is 2. The monoisotopic (exact) mass is 331 g/mol. The van der Waals surface area contributed by atoms with Crippen LogP contribution in [-0.2, 0) is 0 Å². The maximum atomic E-state index is 12.9. The fourth-order valence-electron chi connectivity index (χ4n) is 3.54. The van der Waals surface area contributed by atoms with E-state index in [4.69, 9.17) is 0 Å². The van der Waals surface area contributed by atoms with Crippen LogP contribution in [0, 0.1) is 5.92 Å². The Morgan fingerprint density at radius 1 is 1.12 bits per heavy atom. The minimum absolute atomic E-state index is 0.0248. The molecule has 4 nitrogen and oxygen atoms in total. The molecule has 1 aliphatic heterocycles. The second kappa shape index (κ2) is 7.03. The van der Waals surface area contributed by atoms with E-state index in [9.17, 15) is 4.79 Å². The zero-order valence-electron chi connectivity index (χ0n) is 14.0. The van der Waals surface area contributed by atoms with Gasteiger partial charge in [0.05, 0.1) is 6.04 Å². The summed E-state index contributed by atoms with van der Waals surface area (Å²) in [5.74, 6) is 0.385. The molecular formula is C21H21N3O. The molecule has 1 fully saturated rings. The first-order valence-corrected chi connectivity index (χ1v) is 8.71. The van der Waals surface area contributed by atoms with Gasteiger partial charge in [0, 0.05) is 29.9 Å². The number of carbonyl (C=O) groups excluding carboxylic acids is 1. The third kappa shape index (κ3) is 3.39. The van der Waals surface area contributed by atoms with Gasteiger partial charge in [-0.05, 0) is 48.0 Å². The minimum atomic E-state index is -0.0283. The zero-order valence-corrected chi connectivity index (χ0v) is 14.0. The average Bonchev–Trinajstić information content (AvgIpc) is 3.20. The maximum Gasteiger partial charge on any atom is 0.251 e. The molecule has 1 aliphatic rings. The molecule has 1 unspecified atom stereocenters. The van der Waals surface area contributed by atoms with Gasteiger partial charge in [-0.15, -0.1) is 0 Å². The number of amides is 1. The van der Waals surface area contributed by atoms with Crippen LogP contribution in [0.2, 0.25) is 0 Å². The van der Waals surface area contributed by atoms with E-state index in [0.29, 0.717) is 11.5 Å². The van der Waals surface area contributed by atoms with Gasteiger partial charge in [0.2, 0.25) is 0 Å². The SMILES string of the molecule is O=C(NC(c1ccccc1)[C@H]1CCNC1)c1ccc2cnccc2c1. The molecule has 1 saturated heterocycles. The third-order valence-electron chi connectivity index (χ3n) is 4.92. The highest BCUT2D eigenvalue weighted by molar-refractivity contribution is 5.98. The van der Waals surface area contributed by atoms with Crippen molar-refractivity contribution in [2.24, 2.45) is 5.92 Å². The Morgan fingerprint density at radius 2 is 2.00 bits per heavy atom. The number of aromatic nitrogens is 1. The molecule has 2 aromatic carbocycles. The van der Waals surface area contributed by atoms with Crippen LogP contribution in [0.4, 0.5) is 0 Å². The standard InChI is InChI=1S/C21H21N3O/c25-21(17-6-7-18-13-22-10-8-16(18)12-17)24-20(19-9-11-23-14-19)15-4-2-1-3-5-15/h1-8,10,12-13,19-20,23H,9,11,14H2,(H,24,25)/t19-,20?/m0/s1. The number of nitrogens with zero attached hydrogens (tertiary/aromatic N) is 1. The fraction of sp³-hybridized carbons (Fsp3) is 0.238. The lowest BCUT2D eigenvalue weighted by Gasteiger charge is -2.25. The lowest BCUT2D eigenvalue weighted by Crippen LogP contribution is -2.34. The number of hydrogen-bond acceptors (Lipinski definition) is 3. The van der Waals surface area contributed by atoms with Crippen molar-refractivity contribution in [2.45, 2.75) is 12.5 Å². The molecule has 3 aromatic rings. The molecule has 25 heavy (non-hydrogen) atoms. The maximum absolute atomic E-state index is 12.9. The van der Waals surface area contributed by atoms with Crippen molar-refractivity contribution in [3.63, 3.8) is 0 Å². The van der Waals surface area contributed by atoms with E-state index >= 15 is 0 Å². The highest BCUT2D eigenvalue weighted by Gasteiger charge is 2.27. The van der Waals surface area contributed by atoms with Crippen LogP contribution >= 0.6 is 0 Å². The molecule has 2 heterocycles. The van der Waals surface area contributed by atoms with Gasteiger partial charge >= 0.3 is 0 Å². The van der Waals surface area contributed by atoms with Gasteiger partial charge in [-0.25, -0.2) is 0 Å². The summed E-state index contributed by atoms with van der Waals surface area (Å²) in [4.78, 5) is 17.0. The van der Waals surface area contributed by atoms with Gasteiger partial charge in [0.1, 0.15) is 0 Å². The van der Waals surface area contributed by atoms with Crippen LogP contribution in [0.5, 0.6) is 0 Å². The molecule has 2 atom stereocenters. The molecule has 0 radical (unpaired) electrons. The first kappa shape index (κ1) is 15.8. The van der Waals surface area contributed by atoms with Crippen LogP contribution in [0.3, 0.4) is 0 Å². The summed E-state index contributed by atoms with van der Waals surface area (Å²) in [6, 6.07) is 18.0. The average molecular weight is 331 g/mol. The van der Waals surface area contributed by atoms with Crippen molar-refractivity contribution in [3.05, 3.63) is 78.1 Å². The zero-order chi connectivity index (χ0) is 17.1. The summed E-state index contributed by atoms with van der Waals surface area (Å²) in [6.07, 6.45) is 4.64. The Morgan fingerprint density at radius 3 is 2.80 bits per heavy atom. The molecule has 4 heteroatoms. The third-order valence-corrected chi connectivity index (χ3v) is 4.92. The van der Waals surface area contributed by atoms with Crippen molar-refractivity contribution < 1.29 is 4.79 Å². The van der Waals surface area contributed by atoms with E-state index in [1.54, 1.807) is 6.20 Å². The van der Waals surface area contributed by atoms with Crippen molar-refractivity contribution in [1.82, 2.24) is 15.6 Å². The number of carbonyl (C=O) groups is 1. The number of hydrogen-bond donors (Lipinski definition) is 2. The van der Waals surface area contributed by atoms with Gasteiger partial charge in [-0.3, -0.25) is 9.78 Å². The van der Waals surface area contributed by atoms with Crippen molar-refractivity contribution in [3.8, 4) is 0 Å². The first-order valence-electron chi connectivity index (χ1n) is 8.71. The first-order chi connectivity index (χ1) is 12.3. The molecule has 0 bridgehead atoms. The Kier molecular flexibility index (Phi) is 4.44. The number of pyridine rings is 1. The molecule has 126 valence electrons. The van der Waals surface area contributed by atoms with E-state index in [2.05, 4.69) is 27.8 Å². The minimum Gasteiger partial charge on any atom is -0.345 e. The molecule has 2 N–H and O–H groups in total. The molecule has 0 spiro atoms. The van der Waals surface area contributed by atoms with Crippen LogP contribution in [0.1, 0.15) is 28.4 Å². The summed E-state index contributed by atoms with van der Waals surface area (Å²) in [5.41, 5.74) is 1.85. The van der Waals surface area contributed by atoms with Crippen LogP contribution in [0.25, 0.3) is 10.8 Å². The van der Waals surface area contributed by atoms with E-state index in [-0.39, 0.29) is 11.9 Å². The smallest absolute Gasteiger partial charge is 0.251 e. The highest BCUT2D eigenvalue weighted by atomic mass is 16.1. The number of nitrogens with one attached hydrogen (secondary N) is 2. The van der Waals surface area contributed by atoms with Gasteiger partial charge < -0.3 is 10.6 Å². The highest BCUT2D eigenvalue weighted by Crippen LogP contribution is 2.27. The van der Waals surface area contributed by atoms with Crippen molar-refractivity contribution in [1.29, 1.82) is 0 Å². The van der Waals surface area contributed by atoms with E-state index in [1.807, 2.05) is 48.7 Å². The van der Waals surface area contributed by atoms with Gasteiger partial charge in [-0.2, -0.15) is 0 Å². The van der Waals surface area contributed by atoms with Crippen molar-refractivity contribution >= 4 is 16.7 Å². The van der Waals surface area contributed by atoms with E-state index in [1.165, 1.54) is 0 Å². The topological polar surface area (TPSA) is 54.0 Å². The largest absolute Gasteiger partial charge is 0.345 e. The van der Waals surface area contributed by atoms with Crippen LogP contribution < -0.4 is 10.6 Å². The van der Waals surface area contributed by atoms with Crippen LogP contribution in [-0.4, -0.2) is 24.0 Å². The second-order valence-electron chi connectivity index (χ2n) is 6.55. The number of fused-ring (bicyclic) bond motifs is 1. The van der Waals surface area contributed by atoms with Gasteiger partial charge in [-0.1, -0.05) is 36.4 Å². The van der Waals surface area contributed by atoms with Gasteiger partial charge in [0.15, 0.2) is 0 Å². The molecule has 1 aromatic heterocycles. The quantitative estimate of drug-likeness (QED) is 0.771. The fourth-order valence-corrected chi connectivity index (χ4v) is 3.54. The van der Waals surface area contributed by atoms with E-state index in [0.717, 1.165) is 35.8 Å². The lowest BCUT2D eigenvalue weighted by atomic mass is 9.92. The lowest BCUT2D eigenvalue weighted by molar-refractivity contribution is 0.0924. The Labute approximate surface area is 147 Å². The van der Waals surface area contributed by atoms with E-state index < -0.39 is 0 Å². The molecule has 1 amide bonds. The second-order valence-corrected chi connectivity index (χ2v) is 6.55. The summed E-state index contributed by atoms with van der Waals surface area (Å²) >= 11 is 0. The molecule has 4 rings (SSSR count). The number of rotatable bonds is 4. The molecular weight excluding hydrogens is 310 g/mol.